The van der Waals surface area contributed by atoms with Crippen LogP contribution in [0.2, 0.25) is 0 Å². The molecule has 2 unspecified atom stereocenters. The van der Waals surface area contributed by atoms with Crippen molar-refractivity contribution in [1.29, 1.82) is 0 Å². The van der Waals surface area contributed by atoms with Gasteiger partial charge in [0.1, 0.15) is 4.90 Å². The van der Waals surface area contributed by atoms with E-state index in [1.165, 1.54) is 18.5 Å². The van der Waals surface area contributed by atoms with Gasteiger partial charge in [0.15, 0.2) is 0 Å². The van der Waals surface area contributed by atoms with Crippen molar-refractivity contribution >= 4 is 10.0 Å². The number of hydrogen-bond acceptors (Lipinski definition) is 4. The van der Waals surface area contributed by atoms with Crippen LogP contribution in [0.4, 0.5) is 0 Å². The van der Waals surface area contributed by atoms with E-state index in [9.17, 15) is 13.5 Å². The zero-order chi connectivity index (χ0) is 13.0. The van der Waals surface area contributed by atoms with Crippen molar-refractivity contribution < 1.29 is 13.5 Å². The highest BCUT2D eigenvalue weighted by molar-refractivity contribution is 7.89. The molecule has 0 bridgehead atoms. The summed E-state index contributed by atoms with van der Waals surface area (Å²) >= 11 is 0. The van der Waals surface area contributed by atoms with Crippen LogP contribution in [-0.2, 0) is 10.0 Å². The second kappa shape index (κ2) is 5.77. The number of aliphatic hydroxyl groups excluding tert-OH is 1. The summed E-state index contributed by atoms with van der Waals surface area (Å²) in [6, 6.07) is 3.12. The highest BCUT2D eigenvalue weighted by Gasteiger charge is 2.22. The summed E-state index contributed by atoms with van der Waals surface area (Å²) in [7, 11) is -3.47. The Balaban J connectivity index is 1.93. The van der Waals surface area contributed by atoms with Crippen molar-refractivity contribution in [3.05, 3.63) is 24.5 Å². The molecular formula is C12H18N2O3S. The summed E-state index contributed by atoms with van der Waals surface area (Å²) in [4.78, 5) is 3.98. The lowest BCUT2D eigenvalue weighted by Gasteiger charge is -2.25. The molecule has 6 heteroatoms. The third kappa shape index (κ3) is 3.51. The number of aromatic nitrogens is 1. The van der Waals surface area contributed by atoms with E-state index in [0.29, 0.717) is 13.0 Å². The number of hydrogen-bond donors (Lipinski definition) is 2. The number of pyridine rings is 1. The minimum absolute atomic E-state index is 0.182. The number of nitrogens with one attached hydrogen (secondary N) is 1. The van der Waals surface area contributed by atoms with E-state index in [1.807, 2.05) is 0 Å². The number of nitrogens with zero attached hydrogens (tertiary/aromatic N) is 1. The summed E-state index contributed by atoms with van der Waals surface area (Å²) in [5, 5.41) is 9.54. The molecule has 1 aliphatic carbocycles. The smallest absolute Gasteiger partial charge is 0.242 e. The molecule has 1 aromatic heterocycles. The predicted octanol–water partition coefficient (Wildman–Crippen LogP) is 0.911. The first-order valence-corrected chi connectivity index (χ1v) is 7.64. The molecule has 2 rings (SSSR count). The van der Waals surface area contributed by atoms with Crippen molar-refractivity contribution in [2.75, 3.05) is 6.54 Å². The Morgan fingerprint density at radius 3 is 2.94 bits per heavy atom. The first-order valence-electron chi connectivity index (χ1n) is 6.15. The van der Waals surface area contributed by atoms with Gasteiger partial charge in [0, 0.05) is 18.9 Å². The SMILES string of the molecule is O=S(=O)(NCC1CCCC(O)C1)c1cccnc1. The quantitative estimate of drug-likeness (QED) is 0.852. The van der Waals surface area contributed by atoms with Crippen LogP contribution in [0.3, 0.4) is 0 Å². The molecule has 100 valence electrons. The number of rotatable bonds is 4. The lowest BCUT2D eigenvalue weighted by molar-refractivity contribution is 0.102. The topological polar surface area (TPSA) is 79.3 Å². The van der Waals surface area contributed by atoms with Gasteiger partial charge >= 0.3 is 0 Å². The first kappa shape index (κ1) is 13.5. The number of aliphatic hydroxyl groups is 1. The Morgan fingerprint density at radius 1 is 1.44 bits per heavy atom. The highest BCUT2D eigenvalue weighted by Crippen LogP contribution is 2.23. The van der Waals surface area contributed by atoms with Gasteiger partial charge in [0.05, 0.1) is 6.10 Å². The van der Waals surface area contributed by atoms with Crippen molar-refractivity contribution in [1.82, 2.24) is 9.71 Å². The van der Waals surface area contributed by atoms with Gasteiger partial charge in [-0.15, -0.1) is 0 Å². The highest BCUT2D eigenvalue weighted by atomic mass is 32.2. The molecule has 18 heavy (non-hydrogen) atoms. The van der Waals surface area contributed by atoms with Crippen LogP contribution in [0.25, 0.3) is 0 Å². The maximum absolute atomic E-state index is 11.9. The second-order valence-corrected chi connectivity index (χ2v) is 6.49. The molecule has 1 fully saturated rings. The Hall–Kier alpha value is -0.980. The first-order chi connectivity index (χ1) is 8.58. The van der Waals surface area contributed by atoms with Gasteiger partial charge in [-0.05, 0) is 37.3 Å². The van der Waals surface area contributed by atoms with E-state index in [0.717, 1.165) is 19.3 Å². The summed E-state index contributed by atoms with van der Waals surface area (Å²) in [5.41, 5.74) is 0. The van der Waals surface area contributed by atoms with Crippen molar-refractivity contribution in [3.8, 4) is 0 Å². The molecule has 1 heterocycles. The van der Waals surface area contributed by atoms with E-state index in [4.69, 9.17) is 0 Å². The lowest BCUT2D eigenvalue weighted by Crippen LogP contribution is -2.33. The molecular weight excluding hydrogens is 252 g/mol. The third-order valence-corrected chi connectivity index (χ3v) is 4.67. The Bertz CT molecular complexity index is 475. The van der Waals surface area contributed by atoms with Crippen LogP contribution in [0.5, 0.6) is 0 Å². The third-order valence-electron chi connectivity index (χ3n) is 3.26. The fourth-order valence-electron chi connectivity index (χ4n) is 2.26. The van der Waals surface area contributed by atoms with E-state index >= 15 is 0 Å². The van der Waals surface area contributed by atoms with Gasteiger partial charge in [0.2, 0.25) is 10.0 Å². The van der Waals surface area contributed by atoms with Gasteiger partial charge in [-0.2, -0.15) is 0 Å². The maximum Gasteiger partial charge on any atom is 0.242 e. The minimum Gasteiger partial charge on any atom is -0.393 e. The molecule has 0 spiro atoms. The van der Waals surface area contributed by atoms with Crippen LogP contribution < -0.4 is 4.72 Å². The van der Waals surface area contributed by atoms with Crippen LogP contribution in [-0.4, -0.2) is 31.2 Å². The normalized spacial score (nSPS) is 24.9. The molecule has 0 radical (unpaired) electrons. The van der Waals surface area contributed by atoms with Crippen LogP contribution in [0.1, 0.15) is 25.7 Å². The van der Waals surface area contributed by atoms with E-state index in [1.54, 1.807) is 6.07 Å². The van der Waals surface area contributed by atoms with Crippen LogP contribution >= 0.6 is 0 Å². The van der Waals surface area contributed by atoms with Crippen molar-refractivity contribution in [2.24, 2.45) is 5.92 Å². The zero-order valence-electron chi connectivity index (χ0n) is 10.1. The second-order valence-electron chi connectivity index (χ2n) is 4.73. The molecule has 0 aromatic carbocycles. The van der Waals surface area contributed by atoms with Crippen molar-refractivity contribution in [3.63, 3.8) is 0 Å². The zero-order valence-corrected chi connectivity index (χ0v) is 10.9. The van der Waals surface area contributed by atoms with Crippen LogP contribution in [0, 0.1) is 5.92 Å². The summed E-state index contributed by atoms with van der Waals surface area (Å²) in [6.07, 6.45) is 6.01. The van der Waals surface area contributed by atoms with Crippen LogP contribution in [0.15, 0.2) is 29.4 Å². The van der Waals surface area contributed by atoms with E-state index in [2.05, 4.69) is 9.71 Å². The fraction of sp³-hybridized carbons (Fsp3) is 0.583. The van der Waals surface area contributed by atoms with Gasteiger partial charge in [0.25, 0.3) is 0 Å². The summed E-state index contributed by atoms with van der Waals surface area (Å²) in [6.45, 7) is 0.383. The lowest BCUT2D eigenvalue weighted by atomic mass is 9.87. The molecule has 1 saturated carbocycles. The Labute approximate surface area is 107 Å². The predicted molar refractivity (Wildman–Crippen MR) is 67.4 cm³/mol. The van der Waals surface area contributed by atoms with E-state index in [-0.39, 0.29) is 16.9 Å². The van der Waals surface area contributed by atoms with Gasteiger partial charge in [-0.1, -0.05) is 6.42 Å². The van der Waals surface area contributed by atoms with Crippen molar-refractivity contribution in [2.45, 2.75) is 36.7 Å². The Kier molecular flexibility index (Phi) is 4.31. The molecule has 2 N–H and O–H groups in total. The van der Waals surface area contributed by atoms with Gasteiger partial charge in [-0.3, -0.25) is 4.98 Å². The summed E-state index contributed by atoms with van der Waals surface area (Å²) in [5.74, 6) is 0.222. The standard InChI is InChI=1S/C12H18N2O3S/c15-11-4-1-3-10(7-11)8-14-18(16,17)12-5-2-6-13-9-12/h2,5-6,9-11,14-15H,1,3-4,7-8H2. The molecule has 5 nitrogen and oxygen atoms in total. The molecule has 1 aliphatic rings. The summed E-state index contributed by atoms with van der Waals surface area (Å²) < 4.78 is 26.5. The molecule has 0 aliphatic heterocycles. The average molecular weight is 270 g/mol. The van der Waals surface area contributed by atoms with E-state index < -0.39 is 10.0 Å². The monoisotopic (exact) mass is 270 g/mol. The molecule has 0 saturated heterocycles. The fourth-order valence-corrected chi connectivity index (χ4v) is 3.34. The van der Waals surface area contributed by atoms with Gasteiger partial charge < -0.3 is 5.11 Å². The largest absolute Gasteiger partial charge is 0.393 e. The van der Waals surface area contributed by atoms with Gasteiger partial charge in [-0.25, -0.2) is 13.1 Å². The maximum atomic E-state index is 11.9. The molecule has 1 aromatic rings. The minimum atomic E-state index is -3.47. The average Bonchev–Trinajstić information content (AvgIpc) is 2.38. The molecule has 2 atom stereocenters. The number of sulfonamides is 1. The Morgan fingerprint density at radius 2 is 2.28 bits per heavy atom. The molecule has 0 amide bonds.